The van der Waals surface area contributed by atoms with Crippen molar-refractivity contribution in [3.8, 4) is 17.2 Å². The van der Waals surface area contributed by atoms with Gasteiger partial charge in [0.25, 0.3) is 0 Å². The lowest BCUT2D eigenvalue weighted by Gasteiger charge is -2.40. The van der Waals surface area contributed by atoms with Crippen molar-refractivity contribution < 1.29 is 19.0 Å². The largest absolute Gasteiger partial charge is 0.493 e. The second-order valence-electron chi connectivity index (χ2n) is 9.76. The van der Waals surface area contributed by atoms with Gasteiger partial charge in [0.05, 0.1) is 27.0 Å². The molecule has 0 amide bonds. The van der Waals surface area contributed by atoms with Crippen molar-refractivity contribution in [1.82, 2.24) is 0 Å². The molecule has 2 aliphatic rings. The van der Waals surface area contributed by atoms with Crippen molar-refractivity contribution in [2.24, 2.45) is 5.41 Å². The molecule has 1 heterocycles. The Labute approximate surface area is 202 Å². The Balaban J connectivity index is 1.96. The smallest absolute Gasteiger partial charge is 0.203 e. The molecule has 0 radical (unpaired) electrons. The molecule has 2 aromatic rings. The first kappa shape index (κ1) is 24.0. The molecule has 182 valence electrons. The van der Waals surface area contributed by atoms with Gasteiger partial charge in [0.1, 0.15) is 0 Å². The second kappa shape index (κ2) is 9.24. The third kappa shape index (κ3) is 3.99. The van der Waals surface area contributed by atoms with Crippen LogP contribution < -0.4 is 24.4 Å². The van der Waals surface area contributed by atoms with Crippen molar-refractivity contribution >= 4 is 17.2 Å². The van der Waals surface area contributed by atoms with E-state index in [1.54, 1.807) is 21.3 Å². The summed E-state index contributed by atoms with van der Waals surface area (Å²) in [6.45, 7) is 10.5. The number of methoxy groups -OCH3 is 3. The Kier molecular flexibility index (Phi) is 6.52. The first-order valence-corrected chi connectivity index (χ1v) is 12.0. The van der Waals surface area contributed by atoms with Crippen LogP contribution in [-0.2, 0) is 4.79 Å². The van der Waals surface area contributed by atoms with Gasteiger partial charge in [-0.15, -0.1) is 0 Å². The molecule has 0 aromatic heterocycles. The molecule has 2 aromatic carbocycles. The van der Waals surface area contributed by atoms with Crippen molar-refractivity contribution in [3.63, 3.8) is 0 Å². The molecule has 4 rings (SSSR count). The number of nitrogens with one attached hydrogen (secondary N) is 1. The molecule has 6 heteroatoms. The summed E-state index contributed by atoms with van der Waals surface area (Å²) in [6, 6.07) is 10.5. The van der Waals surface area contributed by atoms with Crippen LogP contribution in [0.25, 0.3) is 0 Å². The molecule has 34 heavy (non-hydrogen) atoms. The number of nitrogens with zero attached hydrogens (tertiary/aromatic N) is 1. The fraction of sp³-hybridized carbons (Fsp3) is 0.464. The van der Waals surface area contributed by atoms with Crippen LogP contribution in [0.4, 0.5) is 11.4 Å². The van der Waals surface area contributed by atoms with E-state index in [0.717, 1.165) is 47.6 Å². The van der Waals surface area contributed by atoms with Gasteiger partial charge in [-0.2, -0.15) is 0 Å². The number of fused-ring (bicyclic) bond motifs is 1. The maximum absolute atomic E-state index is 13.6. The van der Waals surface area contributed by atoms with E-state index in [9.17, 15) is 4.79 Å². The van der Waals surface area contributed by atoms with Gasteiger partial charge >= 0.3 is 0 Å². The number of ether oxygens (including phenoxy) is 3. The van der Waals surface area contributed by atoms with Crippen LogP contribution in [0.15, 0.2) is 41.6 Å². The molecule has 0 bridgehead atoms. The summed E-state index contributed by atoms with van der Waals surface area (Å²) < 4.78 is 17.2. The van der Waals surface area contributed by atoms with Crippen molar-refractivity contribution in [3.05, 3.63) is 52.7 Å². The molecule has 0 saturated carbocycles. The fourth-order valence-corrected chi connectivity index (χ4v) is 5.46. The standard InChI is InChI=1S/C28H36N2O4/c1-8-30(9-2)18-12-10-17(11-13-18)23-24-20(15-28(3,4)16-21(24)31)29-19-14-22(32-5)26(33-6)27(34-7)25(19)23/h10-14,23,29H,8-9,15-16H2,1-7H3. The average Bonchev–Trinajstić information content (AvgIpc) is 2.81. The lowest BCUT2D eigenvalue weighted by molar-refractivity contribution is -0.118. The number of anilines is 2. The molecule has 0 saturated heterocycles. The molecule has 1 atom stereocenters. The van der Waals surface area contributed by atoms with E-state index < -0.39 is 0 Å². The molecule has 1 aliphatic heterocycles. The van der Waals surface area contributed by atoms with Crippen LogP contribution in [-0.4, -0.2) is 40.2 Å². The van der Waals surface area contributed by atoms with Crippen LogP contribution in [0, 0.1) is 5.41 Å². The summed E-state index contributed by atoms with van der Waals surface area (Å²) in [5.41, 5.74) is 5.74. The van der Waals surface area contributed by atoms with Gasteiger partial charge in [0.15, 0.2) is 17.3 Å². The molecule has 0 spiro atoms. The van der Waals surface area contributed by atoms with Gasteiger partial charge < -0.3 is 24.4 Å². The van der Waals surface area contributed by atoms with E-state index in [1.807, 2.05) is 6.07 Å². The minimum absolute atomic E-state index is 0.0990. The van der Waals surface area contributed by atoms with Gasteiger partial charge in [-0.25, -0.2) is 0 Å². The highest BCUT2D eigenvalue weighted by Crippen LogP contribution is 2.56. The second-order valence-corrected chi connectivity index (χ2v) is 9.76. The van der Waals surface area contributed by atoms with E-state index in [2.05, 4.69) is 62.2 Å². The van der Waals surface area contributed by atoms with Crippen molar-refractivity contribution in [1.29, 1.82) is 0 Å². The van der Waals surface area contributed by atoms with Crippen molar-refractivity contribution in [2.75, 3.05) is 44.6 Å². The molecule has 6 nitrogen and oxygen atoms in total. The van der Waals surface area contributed by atoms with E-state index in [4.69, 9.17) is 14.2 Å². The average molecular weight is 465 g/mol. The summed E-state index contributed by atoms with van der Waals surface area (Å²) in [7, 11) is 4.86. The predicted octanol–water partition coefficient (Wildman–Crippen LogP) is 5.76. The zero-order valence-electron chi connectivity index (χ0n) is 21.4. The van der Waals surface area contributed by atoms with E-state index in [0.29, 0.717) is 23.7 Å². The molecule has 1 unspecified atom stereocenters. The first-order valence-electron chi connectivity index (χ1n) is 12.0. The van der Waals surface area contributed by atoms with Gasteiger partial charge in [0.2, 0.25) is 5.75 Å². The highest BCUT2D eigenvalue weighted by atomic mass is 16.5. The zero-order valence-corrected chi connectivity index (χ0v) is 21.4. The summed E-state index contributed by atoms with van der Waals surface area (Å²) in [4.78, 5) is 15.9. The SMILES string of the molecule is CCN(CC)c1ccc(C2C3=C(CC(C)(C)CC3=O)Nc3cc(OC)c(OC)c(OC)c32)cc1. The summed E-state index contributed by atoms with van der Waals surface area (Å²) in [6.07, 6.45) is 1.32. The summed E-state index contributed by atoms with van der Waals surface area (Å²) in [5, 5.41) is 3.57. The lowest BCUT2D eigenvalue weighted by Crippen LogP contribution is -2.34. The Morgan fingerprint density at radius 3 is 2.18 bits per heavy atom. The minimum Gasteiger partial charge on any atom is -0.493 e. The van der Waals surface area contributed by atoms with Gasteiger partial charge in [-0.05, 0) is 43.4 Å². The van der Waals surface area contributed by atoms with Gasteiger partial charge in [0, 0.05) is 54.0 Å². The quantitative estimate of drug-likeness (QED) is 0.562. The molecular formula is C28H36N2O4. The third-order valence-electron chi connectivity index (χ3n) is 7.01. The van der Waals surface area contributed by atoms with Crippen LogP contribution >= 0.6 is 0 Å². The number of hydrogen-bond donors (Lipinski definition) is 1. The highest BCUT2D eigenvalue weighted by Gasteiger charge is 2.43. The zero-order chi connectivity index (χ0) is 24.6. The molecule has 1 N–H and O–H groups in total. The highest BCUT2D eigenvalue weighted by molar-refractivity contribution is 6.02. The van der Waals surface area contributed by atoms with Crippen LogP contribution in [0.3, 0.4) is 0 Å². The first-order chi connectivity index (χ1) is 16.3. The number of carbonyl (C=O) groups is 1. The number of hydrogen-bond acceptors (Lipinski definition) is 6. The van der Waals surface area contributed by atoms with Gasteiger partial charge in [-0.1, -0.05) is 26.0 Å². The Morgan fingerprint density at radius 2 is 1.62 bits per heavy atom. The lowest BCUT2D eigenvalue weighted by atomic mass is 9.68. The van der Waals surface area contributed by atoms with E-state index in [-0.39, 0.29) is 17.1 Å². The summed E-state index contributed by atoms with van der Waals surface area (Å²) in [5.74, 6) is 1.63. The molecule has 0 fully saturated rings. The maximum Gasteiger partial charge on any atom is 0.203 e. The number of carbonyl (C=O) groups excluding carboxylic acids is 1. The van der Waals surface area contributed by atoms with Crippen LogP contribution in [0.2, 0.25) is 0 Å². The topological polar surface area (TPSA) is 60.0 Å². The minimum atomic E-state index is -0.254. The molecule has 1 aliphatic carbocycles. The normalized spacial score (nSPS) is 18.6. The number of allylic oxidation sites excluding steroid dienone is 2. The van der Waals surface area contributed by atoms with E-state index in [1.165, 1.54) is 5.69 Å². The van der Waals surface area contributed by atoms with E-state index >= 15 is 0 Å². The van der Waals surface area contributed by atoms with Crippen LogP contribution in [0.5, 0.6) is 17.2 Å². The van der Waals surface area contributed by atoms with Crippen molar-refractivity contribution in [2.45, 2.75) is 46.5 Å². The fourth-order valence-electron chi connectivity index (χ4n) is 5.46. The number of Topliss-reactive ketones (excluding diaryl/α,β-unsaturated/α-hetero) is 1. The predicted molar refractivity (Wildman–Crippen MR) is 137 cm³/mol. The Morgan fingerprint density at radius 1 is 0.971 bits per heavy atom. The molecular weight excluding hydrogens is 428 g/mol. The van der Waals surface area contributed by atoms with Crippen LogP contribution in [0.1, 0.15) is 57.6 Å². The maximum atomic E-state index is 13.6. The van der Waals surface area contributed by atoms with Gasteiger partial charge in [-0.3, -0.25) is 4.79 Å². The third-order valence-corrected chi connectivity index (χ3v) is 7.01. The summed E-state index contributed by atoms with van der Waals surface area (Å²) >= 11 is 0. The number of rotatable bonds is 7. The number of ketones is 1. The Bertz CT molecular complexity index is 1110. The monoisotopic (exact) mass is 464 g/mol. The Hall–Kier alpha value is -3.15. The number of benzene rings is 2.